The first-order valence-corrected chi connectivity index (χ1v) is 8.26. The average molecular weight is 501 g/mol. The molecule has 1 aromatic rings. The van der Waals surface area contributed by atoms with Gasteiger partial charge >= 0.3 is 6.18 Å². The van der Waals surface area contributed by atoms with Crippen LogP contribution in [0.1, 0.15) is 15.9 Å². The fraction of sp³-hybridized carbons (Fsp3) is 0.529. The maximum absolute atomic E-state index is 12.3. The lowest BCUT2D eigenvalue weighted by atomic mass is 10.1. The SMILES string of the molecule is CN=C(NCCc1cccc(C(=O)NC)c1)NCCN(C)CC(F)(F)F.I. The summed E-state index contributed by atoms with van der Waals surface area (Å²) >= 11 is 0. The Bertz CT molecular complexity index is 610. The lowest BCUT2D eigenvalue weighted by molar-refractivity contribution is -0.142. The summed E-state index contributed by atoms with van der Waals surface area (Å²) in [5.41, 5.74) is 1.60. The number of benzene rings is 1. The van der Waals surface area contributed by atoms with Crippen LogP contribution in [0.5, 0.6) is 0 Å². The van der Waals surface area contributed by atoms with Crippen LogP contribution in [0.4, 0.5) is 13.2 Å². The van der Waals surface area contributed by atoms with E-state index in [9.17, 15) is 18.0 Å². The molecule has 0 aromatic heterocycles. The van der Waals surface area contributed by atoms with Gasteiger partial charge in [0.25, 0.3) is 5.91 Å². The highest BCUT2D eigenvalue weighted by atomic mass is 127. The van der Waals surface area contributed by atoms with Gasteiger partial charge in [0.2, 0.25) is 0 Å². The van der Waals surface area contributed by atoms with Gasteiger partial charge in [-0.1, -0.05) is 12.1 Å². The molecule has 0 bridgehead atoms. The van der Waals surface area contributed by atoms with Crippen LogP contribution in [0.2, 0.25) is 0 Å². The third-order valence-corrected chi connectivity index (χ3v) is 3.58. The van der Waals surface area contributed by atoms with E-state index in [-0.39, 0.29) is 36.4 Å². The van der Waals surface area contributed by atoms with E-state index < -0.39 is 12.7 Å². The fourth-order valence-corrected chi connectivity index (χ4v) is 2.31. The van der Waals surface area contributed by atoms with Crippen molar-refractivity contribution in [1.29, 1.82) is 0 Å². The Morgan fingerprint density at radius 3 is 2.48 bits per heavy atom. The Hall–Kier alpha value is -1.56. The normalized spacial score (nSPS) is 11.7. The van der Waals surface area contributed by atoms with Crippen molar-refractivity contribution >= 4 is 35.8 Å². The van der Waals surface area contributed by atoms with Crippen LogP contribution < -0.4 is 16.0 Å². The summed E-state index contributed by atoms with van der Waals surface area (Å²) in [5.74, 6) is 0.383. The third-order valence-electron chi connectivity index (χ3n) is 3.58. The van der Waals surface area contributed by atoms with Gasteiger partial charge in [-0.3, -0.25) is 14.7 Å². The number of likely N-dealkylation sites (N-methyl/N-ethyl adjacent to an activating group) is 1. The van der Waals surface area contributed by atoms with Gasteiger partial charge in [-0.05, 0) is 31.2 Å². The van der Waals surface area contributed by atoms with E-state index in [2.05, 4.69) is 20.9 Å². The van der Waals surface area contributed by atoms with E-state index >= 15 is 0 Å². The van der Waals surface area contributed by atoms with Crippen LogP contribution in [0.3, 0.4) is 0 Å². The minimum Gasteiger partial charge on any atom is -0.356 e. The van der Waals surface area contributed by atoms with Crippen molar-refractivity contribution in [2.75, 3.05) is 47.3 Å². The van der Waals surface area contributed by atoms with Gasteiger partial charge < -0.3 is 16.0 Å². The van der Waals surface area contributed by atoms with Crippen LogP contribution >= 0.6 is 24.0 Å². The molecular weight excluding hydrogens is 474 g/mol. The molecule has 0 aliphatic carbocycles. The number of aliphatic imine (C=N–C) groups is 1. The second-order valence-electron chi connectivity index (χ2n) is 5.81. The minimum absolute atomic E-state index is 0. The number of carbonyl (C=O) groups is 1. The summed E-state index contributed by atoms with van der Waals surface area (Å²) in [4.78, 5) is 16.9. The molecule has 3 N–H and O–H groups in total. The Morgan fingerprint density at radius 2 is 1.89 bits per heavy atom. The Morgan fingerprint density at radius 1 is 1.22 bits per heavy atom. The standard InChI is InChI=1S/C17H26F3N5O.HI/c1-21-15(26)14-6-4-5-13(11-14)7-8-23-16(22-2)24-9-10-25(3)12-17(18,19)20;/h4-6,11H,7-10,12H2,1-3H3,(H,21,26)(H2,22,23,24);1H. The van der Waals surface area contributed by atoms with Crippen LogP contribution in [-0.2, 0) is 6.42 Å². The van der Waals surface area contributed by atoms with Gasteiger partial charge in [-0.25, -0.2) is 0 Å². The maximum atomic E-state index is 12.3. The highest BCUT2D eigenvalue weighted by molar-refractivity contribution is 14.0. The van der Waals surface area contributed by atoms with Gasteiger partial charge in [0, 0.05) is 39.3 Å². The molecule has 0 heterocycles. The molecule has 0 aliphatic heterocycles. The first-order chi connectivity index (χ1) is 12.2. The Labute approximate surface area is 175 Å². The molecule has 0 unspecified atom stereocenters. The molecule has 1 aromatic carbocycles. The molecule has 1 amide bonds. The predicted octanol–water partition coefficient (Wildman–Crippen LogP) is 1.87. The molecule has 10 heteroatoms. The molecule has 6 nitrogen and oxygen atoms in total. The molecule has 0 saturated heterocycles. The Kier molecular flexibility index (Phi) is 12.0. The molecule has 0 radical (unpaired) electrons. The second-order valence-corrected chi connectivity index (χ2v) is 5.81. The number of alkyl halides is 3. The van der Waals surface area contributed by atoms with E-state index in [0.717, 1.165) is 5.56 Å². The maximum Gasteiger partial charge on any atom is 0.401 e. The summed E-state index contributed by atoms with van der Waals surface area (Å²) in [5, 5.41) is 8.66. The summed E-state index contributed by atoms with van der Waals surface area (Å²) in [6.07, 6.45) is -3.52. The highest BCUT2D eigenvalue weighted by Crippen LogP contribution is 2.14. The first kappa shape index (κ1) is 25.4. The molecule has 1 rings (SSSR count). The molecule has 154 valence electrons. The van der Waals surface area contributed by atoms with Crippen molar-refractivity contribution < 1.29 is 18.0 Å². The minimum atomic E-state index is -4.20. The number of hydrogen-bond donors (Lipinski definition) is 3. The molecule has 0 fully saturated rings. The molecule has 0 atom stereocenters. The third kappa shape index (κ3) is 11.0. The summed E-state index contributed by atoms with van der Waals surface area (Å²) in [6, 6.07) is 7.32. The number of nitrogens with one attached hydrogen (secondary N) is 3. The summed E-state index contributed by atoms with van der Waals surface area (Å²) in [6.45, 7) is 0.227. The number of rotatable bonds is 8. The van der Waals surface area contributed by atoms with Crippen molar-refractivity contribution in [2.45, 2.75) is 12.6 Å². The van der Waals surface area contributed by atoms with Gasteiger partial charge in [0.1, 0.15) is 0 Å². The summed E-state index contributed by atoms with van der Waals surface area (Å²) in [7, 11) is 4.60. The van der Waals surface area contributed by atoms with Crippen LogP contribution in [-0.4, -0.2) is 70.3 Å². The van der Waals surface area contributed by atoms with Crippen LogP contribution in [0, 0.1) is 0 Å². The number of halogens is 4. The number of hydrogen-bond acceptors (Lipinski definition) is 3. The molecular formula is C17H27F3IN5O. The van der Waals surface area contributed by atoms with Gasteiger partial charge in [-0.15, -0.1) is 24.0 Å². The van der Waals surface area contributed by atoms with Gasteiger partial charge in [0.05, 0.1) is 6.54 Å². The Balaban J connectivity index is 0.00000676. The van der Waals surface area contributed by atoms with Crippen molar-refractivity contribution in [3.8, 4) is 0 Å². The van der Waals surface area contributed by atoms with Crippen molar-refractivity contribution in [2.24, 2.45) is 4.99 Å². The van der Waals surface area contributed by atoms with E-state index in [4.69, 9.17) is 0 Å². The van der Waals surface area contributed by atoms with E-state index in [1.54, 1.807) is 20.2 Å². The van der Waals surface area contributed by atoms with E-state index in [0.29, 0.717) is 31.0 Å². The van der Waals surface area contributed by atoms with Crippen molar-refractivity contribution in [3.63, 3.8) is 0 Å². The van der Waals surface area contributed by atoms with Crippen LogP contribution in [0.15, 0.2) is 29.3 Å². The molecule has 0 aliphatic rings. The topological polar surface area (TPSA) is 68.8 Å². The number of carbonyl (C=O) groups excluding carboxylic acids is 1. The van der Waals surface area contributed by atoms with Gasteiger partial charge in [0.15, 0.2) is 5.96 Å². The zero-order valence-corrected chi connectivity index (χ0v) is 18.0. The first-order valence-electron chi connectivity index (χ1n) is 8.26. The van der Waals surface area contributed by atoms with Gasteiger partial charge in [-0.2, -0.15) is 13.2 Å². The highest BCUT2D eigenvalue weighted by Gasteiger charge is 2.28. The molecule has 0 saturated carbocycles. The van der Waals surface area contributed by atoms with Crippen molar-refractivity contribution in [3.05, 3.63) is 35.4 Å². The van der Waals surface area contributed by atoms with Crippen molar-refractivity contribution in [1.82, 2.24) is 20.9 Å². The largest absolute Gasteiger partial charge is 0.401 e. The second kappa shape index (κ2) is 12.8. The fourth-order valence-electron chi connectivity index (χ4n) is 2.31. The average Bonchev–Trinajstić information content (AvgIpc) is 2.58. The lowest BCUT2D eigenvalue weighted by Gasteiger charge is -2.19. The molecule has 0 spiro atoms. The quantitative estimate of drug-likeness (QED) is 0.289. The van der Waals surface area contributed by atoms with E-state index in [1.165, 1.54) is 11.9 Å². The van der Waals surface area contributed by atoms with E-state index in [1.807, 2.05) is 18.2 Å². The monoisotopic (exact) mass is 501 g/mol. The summed E-state index contributed by atoms with van der Waals surface area (Å²) < 4.78 is 36.8. The number of nitrogens with zero attached hydrogens (tertiary/aromatic N) is 2. The zero-order valence-electron chi connectivity index (χ0n) is 15.7. The molecule has 27 heavy (non-hydrogen) atoms. The number of amides is 1. The van der Waals surface area contributed by atoms with Crippen LogP contribution in [0.25, 0.3) is 0 Å². The lowest BCUT2D eigenvalue weighted by Crippen LogP contribution is -2.43. The number of guanidine groups is 1. The smallest absolute Gasteiger partial charge is 0.356 e. The zero-order chi connectivity index (χ0) is 19.6. The predicted molar refractivity (Wildman–Crippen MR) is 112 cm³/mol.